The van der Waals surface area contributed by atoms with Crippen LogP contribution in [0.4, 0.5) is 5.69 Å². The highest BCUT2D eigenvalue weighted by Gasteiger charge is 2.27. The van der Waals surface area contributed by atoms with E-state index in [0.717, 1.165) is 32.1 Å². The minimum Gasteiger partial charge on any atom is -0.489 e. The number of hydrazone groups is 1. The predicted octanol–water partition coefficient (Wildman–Crippen LogP) is 6.19. The van der Waals surface area contributed by atoms with E-state index in [9.17, 15) is 13.2 Å². The summed E-state index contributed by atoms with van der Waals surface area (Å²) in [6.45, 7) is 5.62. The number of amides is 1. The molecular weight excluding hydrogens is 546 g/mol. The fourth-order valence-corrected chi connectivity index (χ4v) is 5.41. The summed E-state index contributed by atoms with van der Waals surface area (Å²) >= 11 is 6.17. The molecule has 4 aromatic rings. The SMILES string of the molecule is Cc1ccc(S(=O)(=O)N(CC(=O)N/N=C\c2ccc(OCc3ccccc3Cl)cc2)c2ccc(C)c(C)c2)cc1. The minimum absolute atomic E-state index is 0.101. The third kappa shape index (κ3) is 7.28. The Balaban J connectivity index is 1.43. The van der Waals surface area contributed by atoms with E-state index in [1.165, 1.54) is 18.3 Å². The van der Waals surface area contributed by atoms with E-state index < -0.39 is 22.5 Å². The van der Waals surface area contributed by atoms with Gasteiger partial charge in [0.05, 0.1) is 16.8 Å². The molecule has 0 atom stereocenters. The van der Waals surface area contributed by atoms with Crippen molar-refractivity contribution in [2.24, 2.45) is 5.10 Å². The smallest absolute Gasteiger partial charge is 0.264 e. The Morgan fingerprint density at radius 1 is 0.925 bits per heavy atom. The minimum atomic E-state index is -4.01. The van der Waals surface area contributed by atoms with Crippen LogP contribution in [0.5, 0.6) is 5.75 Å². The predicted molar refractivity (Wildman–Crippen MR) is 160 cm³/mol. The maximum atomic E-state index is 13.6. The van der Waals surface area contributed by atoms with Crippen molar-refractivity contribution >= 4 is 39.4 Å². The van der Waals surface area contributed by atoms with Crippen LogP contribution < -0.4 is 14.5 Å². The average molecular weight is 576 g/mol. The van der Waals surface area contributed by atoms with Crippen molar-refractivity contribution in [1.29, 1.82) is 0 Å². The number of benzene rings is 4. The molecule has 7 nitrogen and oxygen atoms in total. The quantitative estimate of drug-likeness (QED) is 0.180. The Morgan fingerprint density at radius 2 is 1.62 bits per heavy atom. The summed E-state index contributed by atoms with van der Waals surface area (Å²) < 4.78 is 34.0. The number of anilines is 1. The third-order valence-corrected chi connectivity index (χ3v) is 8.47. The first-order valence-electron chi connectivity index (χ1n) is 12.6. The lowest BCUT2D eigenvalue weighted by atomic mass is 10.1. The van der Waals surface area contributed by atoms with Gasteiger partial charge in [-0.05, 0) is 92.1 Å². The fraction of sp³-hybridized carbons (Fsp3) is 0.161. The molecule has 9 heteroatoms. The highest BCUT2D eigenvalue weighted by atomic mass is 35.5. The highest BCUT2D eigenvalue weighted by Crippen LogP contribution is 2.26. The van der Waals surface area contributed by atoms with E-state index >= 15 is 0 Å². The maximum Gasteiger partial charge on any atom is 0.264 e. The van der Waals surface area contributed by atoms with Crippen LogP contribution in [0.15, 0.2) is 101 Å². The molecule has 0 aliphatic rings. The van der Waals surface area contributed by atoms with Gasteiger partial charge in [-0.3, -0.25) is 9.10 Å². The molecule has 0 aliphatic heterocycles. The van der Waals surface area contributed by atoms with Crippen LogP contribution in [-0.4, -0.2) is 27.1 Å². The molecule has 40 heavy (non-hydrogen) atoms. The molecule has 4 aromatic carbocycles. The molecule has 0 saturated heterocycles. The summed E-state index contributed by atoms with van der Waals surface area (Å²) in [6, 6.07) is 26.4. The van der Waals surface area contributed by atoms with Crippen molar-refractivity contribution in [3.8, 4) is 5.75 Å². The first-order valence-corrected chi connectivity index (χ1v) is 14.4. The lowest BCUT2D eigenvalue weighted by Gasteiger charge is -2.24. The first-order chi connectivity index (χ1) is 19.1. The van der Waals surface area contributed by atoms with Crippen molar-refractivity contribution in [3.05, 3.63) is 124 Å². The molecule has 0 bridgehead atoms. The molecule has 1 amide bonds. The molecule has 0 unspecified atom stereocenters. The standard InChI is InChI=1S/C31H30ClN3O4S/c1-22-8-16-29(17-9-22)40(37,38)35(27-13-10-23(2)24(3)18-27)20-31(36)34-33-19-25-11-14-28(15-12-25)39-21-26-6-4-5-7-30(26)32/h4-19H,20-21H2,1-3H3,(H,34,36)/b33-19-. The second-order valence-electron chi connectivity index (χ2n) is 9.34. The van der Waals surface area contributed by atoms with E-state index in [0.29, 0.717) is 23.1 Å². The molecule has 0 aliphatic carbocycles. The second-order valence-corrected chi connectivity index (χ2v) is 11.6. The average Bonchev–Trinajstić information content (AvgIpc) is 2.94. The van der Waals surface area contributed by atoms with Gasteiger partial charge in [0.2, 0.25) is 0 Å². The lowest BCUT2D eigenvalue weighted by Crippen LogP contribution is -2.39. The molecule has 4 rings (SSSR count). The van der Waals surface area contributed by atoms with Crippen LogP contribution in [0.2, 0.25) is 5.02 Å². The van der Waals surface area contributed by atoms with Crippen molar-refractivity contribution < 1.29 is 17.9 Å². The zero-order valence-corrected chi connectivity index (χ0v) is 24.0. The van der Waals surface area contributed by atoms with Crippen LogP contribution in [0.1, 0.15) is 27.8 Å². The molecule has 1 N–H and O–H groups in total. The summed E-state index contributed by atoms with van der Waals surface area (Å²) in [6.07, 6.45) is 1.48. The number of hydrogen-bond donors (Lipinski definition) is 1. The van der Waals surface area contributed by atoms with Crippen molar-refractivity contribution in [3.63, 3.8) is 0 Å². The molecule has 0 radical (unpaired) electrons. The highest BCUT2D eigenvalue weighted by molar-refractivity contribution is 7.92. The summed E-state index contributed by atoms with van der Waals surface area (Å²) in [4.78, 5) is 12.9. The molecule has 206 valence electrons. The molecule has 0 saturated carbocycles. The number of rotatable bonds is 10. The number of aryl methyl sites for hydroxylation is 3. The molecule has 0 heterocycles. The van der Waals surface area contributed by atoms with Gasteiger partial charge >= 0.3 is 0 Å². The Bertz CT molecular complexity index is 1620. The van der Waals surface area contributed by atoms with E-state index in [1.807, 2.05) is 51.1 Å². The maximum absolute atomic E-state index is 13.6. The Labute approximate surface area is 240 Å². The van der Waals surface area contributed by atoms with Gasteiger partial charge in [-0.15, -0.1) is 0 Å². The van der Waals surface area contributed by atoms with Gasteiger partial charge in [-0.25, -0.2) is 13.8 Å². The topological polar surface area (TPSA) is 88.1 Å². The van der Waals surface area contributed by atoms with Gasteiger partial charge in [-0.2, -0.15) is 5.10 Å². The van der Waals surface area contributed by atoms with E-state index in [1.54, 1.807) is 48.5 Å². The molecule has 0 spiro atoms. The third-order valence-electron chi connectivity index (χ3n) is 6.31. The monoisotopic (exact) mass is 575 g/mol. The number of halogens is 1. The fourth-order valence-electron chi connectivity index (χ4n) is 3.80. The number of sulfonamides is 1. The van der Waals surface area contributed by atoms with Gasteiger partial charge in [0.1, 0.15) is 18.9 Å². The van der Waals surface area contributed by atoms with Crippen molar-refractivity contribution in [2.75, 3.05) is 10.8 Å². The zero-order chi connectivity index (χ0) is 28.7. The second kappa shape index (κ2) is 12.8. The summed E-state index contributed by atoms with van der Waals surface area (Å²) in [5, 5.41) is 4.66. The number of nitrogens with one attached hydrogen (secondary N) is 1. The van der Waals surface area contributed by atoms with Crippen LogP contribution in [0.3, 0.4) is 0 Å². The van der Waals surface area contributed by atoms with Crippen LogP contribution >= 0.6 is 11.6 Å². The van der Waals surface area contributed by atoms with Crippen molar-refractivity contribution in [1.82, 2.24) is 5.43 Å². The van der Waals surface area contributed by atoms with Gasteiger partial charge < -0.3 is 4.74 Å². The van der Waals surface area contributed by atoms with Gasteiger partial charge in [-0.1, -0.05) is 53.6 Å². The van der Waals surface area contributed by atoms with E-state index in [2.05, 4.69) is 10.5 Å². The summed E-state index contributed by atoms with van der Waals surface area (Å²) in [7, 11) is -4.01. The number of nitrogens with zero attached hydrogens (tertiary/aromatic N) is 2. The lowest BCUT2D eigenvalue weighted by molar-refractivity contribution is -0.119. The van der Waals surface area contributed by atoms with Crippen LogP contribution in [0.25, 0.3) is 0 Å². The van der Waals surface area contributed by atoms with E-state index in [-0.39, 0.29) is 4.90 Å². The summed E-state index contributed by atoms with van der Waals surface area (Å²) in [5.74, 6) is 0.0799. The number of carbonyl (C=O) groups excluding carboxylic acids is 1. The van der Waals surface area contributed by atoms with Gasteiger partial charge in [0.15, 0.2) is 0 Å². The van der Waals surface area contributed by atoms with Gasteiger partial charge in [0, 0.05) is 10.6 Å². The number of ether oxygens (including phenoxy) is 1. The van der Waals surface area contributed by atoms with Crippen LogP contribution in [-0.2, 0) is 21.4 Å². The Kier molecular flexibility index (Phi) is 9.24. The zero-order valence-electron chi connectivity index (χ0n) is 22.5. The largest absolute Gasteiger partial charge is 0.489 e. The van der Waals surface area contributed by atoms with Crippen LogP contribution in [0, 0.1) is 20.8 Å². The Morgan fingerprint density at radius 3 is 2.30 bits per heavy atom. The van der Waals surface area contributed by atoms with Gasteiger partial charge in [0.25, 0.3) is 15.9 Å². The normalized spacial score (nSPS) is 11.4. The molecule has 0 aromatic heterocycles. The molecule has 0 fully saturated rings. The Hall–Kier alpha value is -4.14. The number of carbonyl (C=O) groups is 1. The number of hydrogen-bond acceptors (Lipinski definition) is 5. The summed E-state index contributed by atoms with van der Waals surface area (Å²) in [5.41, 5.74) is 7.32. The first kappa shape index (κ1) is 28.9. The van der Waals surface area contributed by atoms with E-state index in [4.69, 9.17) is 16.3 Å². The van der Waals surface area contributed by atoms with Crippen molar-refractivity contribution in [2.45, 2.75) is 32.3 Å². The molecular formula is C31H30ClN3O4S.